The van der Waals surface area contributed by atoms with E-state index >= 15 is 0 Å². The number of rotatable bonds is 7. The topological polar surface area (TPSA) is 124 Å². The smallest absolute Gasteiger partial charge is 0.255 e. The minimum absolute atomic E-state index is 0.143. The zero-order valence-electron chi connectivity index (χ0n) is 23.4. The summed E-state index contributed by atoms with van der Waals surface area (Å²) in [6.07, 6.45) is 6.41. The van der Waals surface area contributed by atoms with Gasteiger partial charge in [-0.05, 0) is 67.6 Å². The summed E-state index contributed by atoms with van der Waals surface area (Å²) in [7, 11) is 2.16. The van der Waals surface area contributed by atoms with E-state index in [4.69, 9.17) is 8.76 Å². The molecule has 1 amide bonds. The third kappa shape index (κ3) is 9.25. The minimum atomic E-state index is -1.61. The largest absolute Gasteiger partial charge is 0.324 e. The van der Waals surface area contributed by atoms with Gasteiger partial charge in [0.1, 0.15) is 11.1 Å². The Balaban J connectivity index is 0.000000909. The number of anilines is 3. The molecule has 214 valence electrons. The summed E-state index contributed by atoms with van der Waals surface area (Å²) in [5.74, 6) is 0.333. The lowest BCUT2D eigenvalue weighted by molar-refractivity contribution is 0.102. The number of pyridine rings is 1. The number of nitrogens with zero attached hydrogens (tertiary/aromatic N) is 5. The van der Waals surface area contributed by atoms with Crippen molar-refractivity contribution >= 4 is 34.3 Å². The van der Waals surface area contributed by atoms with Crippen LogP contribution in [0.1, 0.15) is 21.5 Å². The molecule has 1 unspecified atom stereocenters. The third-order valence-electron chi connectivity index (χ3n) is 6.57. The molecule has 0 radical (unpaired) electrons. The Morgan fingerprint density at radius 3 is 2.44 bits per heavy atom. The lowest BCUT2D eigenvalue weighted by atomic mass is 10.1. The second kappa shape index (κ2) is 14.6. The predicted octanol–water partition coefficient (Wildman–Crippen LogP) is 4.43. The molecule has 0 aliphatic carbocycles. The van der Waals surface area contributed by atoms with Gasteiger partial charge in [0.25, 0.3) is 5.91 Å². The molecule has 0 spiro atoms. The van der Waals surface area contributed by atoms with Crippen LogP contribution in [0.5, 0.6) is 0 Å². The van der Waals surface area contributed by atoms with Gasteiger partial charge in [0, 0.05) is 80.1 Å². The summed E-state index contributed by atoms with van der Waals surface area (Å²) in [4.78, 5) is 30.9. The first-order valence-corrected chi connectivity index (χ1v) is 14.7. The van der Waals surface area contributed by atoms with Crippen molar-refractivity contribution in [2.45, 2.75) is 13.5 Å². The normalized spacial score (nSPS) is 14.4. The highest BCUT2D eigenvalue weighted by molar-refractivity contribution is 7.78. The lowest BCUT2D eigenvalue weighted by Gasteiger charge is -2.32. The van der Waals surface area contributed by atoms with Crippen LogP contribution in [-0.2, 0) is 17.6 Å². The van der Waals surface area contributed by atoms with E-state index in [0.29, 0.717) is 17.2 Å². The van der Waals surface area contributed by atoms with E-state index in [9.17, 15) is 4.79 Å². The number of hydrogen-bond acceptors (Lipinski definition) is 8. The fourth-order valence-electron chi connectivity index (χ4n) is 4.28. The van der Waals surface area contributed by atoms with Gasteiger partial charge in [0.15, 0.2) is 0 Å². The highest BCUT2D eigenvalue weighted by atomic mass is 32.2. The molecular weight excluding hydrogens is 538 g/mol. The molecule has 2 aromatic heterocycles. The van der Waals surface area contributed by atoms with Crippen molar-refractivity contribution in [2.24, 2.45) is 0 Å². The number of piperazine rings is 1. The van der Waals surface area contributed by atoms with E-state index in [1.54, 1.807) is 18.6 Å². The molecule has 1 saturated heterocycles. The Kier molecular flexibility index (Phi) is 10.6. The molecule has 1 atom stereocenters. The summed E-state index contributed by atoms with van der Waals surface area (Å²) < 4.78 is 16.6. The van der Waals surface area contributed by atoms with Crippen LogP contribution >= 0.6 is 0 Å². The molecule has 3 heterocycles. The standard InChI is InChI=1S/C29H31N7O.CH4O2S/c1-21-5-10-25(18-27(21)34-29-31-13-11-26(33-29)24-4-3-12-30-19-24)32-28(37)23-8-6-22(7-9-23)20-36-16-14-35(2)15-17-36;1-4(2)3/h3-13,18-19H,14-17,20H2,1-2H3,(H,32,37)(H,31,33,34);1H3,(H,2,3). The number of carbonyl (C=O) groups is 1. The molecular formula is C30H35N7O3S. The van der Waals surface area contributed by atoms with Crippen molar-refractivity contribution in [1.82, 2.24) is 24.8 Å². The van der Waals surface area contributed by atoms with E-state index in [1.165, 1.54) is 11.8 Å². The van der Waals surface area contributed by atoms with Crippen LogP contribution in [0, 0.1) is 6.92 Å². The first-order valence-electron chi connectivity index (χ1n) is 13.2. The summed E-state index contributed by atoms with van der Waals surface area (Å²) in [6.45, 7) is 7.24. The number of amides is 1. The molecule has 41 heavy (non-hydrogen) atoms. The Labute approximate surface area is 243 Å². The first kappa shape index (κ1) is 29.9. The van der Waals surface area contributed by atoms with Gasteiger partial charge in [-0.1, -0.05) is 18.2 Å². The number of carbonyl (C=O) groups excluding carboxylic acids is 1. The predicted molar refractivity (Wildman–Crippen MR) is 164 cm³/mol. The molecule has 3 N–H and O–H groups in total. The number of nitrogens with one attached hydrogen (secondary N) is 2. The number of hydrogen-bond donors (Lipinski definition) is 3. The zero-order chi connectivity index (χ0) is 29.2. The average molecular weight is 574 g/mol. The van der Waals surface area contributed by atoms with E-state index < -0.39 is 11.1 Å². The molecule has 4 aromatic rings. The Morgan fingerprint density at radius 2 is 1.76 bits per heavy atom. The number of aryl methyl sites for hydroxylation is 1. The van der Waals surface area contributed by atoms with E-state index in [-0.39, 0.29) is 5.91 Å². The fourth-order valence-corrected chi connectivity index (χ4v) is 4.28. The lowest BCUT2D eigenvalue weighted by Crippen LogP contribution is -2.43. The molecule has 2 aromatic carbocycles. The van der Waals surface area contributed by atoms with Gasteiger partial charge < -0.3 is 20.1 Å². The maximum atomic E-state index is 12.9. The second-order valence-corrected chi connectivity index (χ2v) is 10.7. The summed E-state index contributed by atoms with van der Waals surface area (Å²) >= 11 is -1.61. The molecule has 11 heteroatoms. The van der Waals surface area contributed by atoms with Crippen LogP contribution in [0.4, 0.5) is 17.3 Å². The van der Waals surface area contributed by atoms with Crippen LogP contribution in [0.2, 0.25) is 0 Å². The highest BCUT2D eigenvalue weighted by Crippen LogP contribution is 2.24. The molecule has 1 fully saturated rings. The quantitative estimate of drug-likeness (QED) is 0.276. The maximum absolute atomic E-state index is 12.9. The Bertz CT molecular complexity index is 1460. The number of aromatic nitrogens is 3. The highest BCUT2D eigenvalue weighted by Gasteiger charge is 2.14. The number of benzene rings is 2. The fraction of sp³-hybridized carbons (Fsp3) is 0.267. The van der Waals surface area contributed by atoms with Crippen LogP contribution in [-0.4, -0.2) is 78.9 Å². The van der Waals surface area contributed by atoms with Crippen molar-refractivity contribution in [1.29, 1.82) is 0 Å². The van der Waals surface area contributed by atoms with Crippen molar-refractivity contribution in [3.05, 3.63) is 95.9 Å². The molecule has 10 nitrogen and oxygen atoms in total. The van der Waals surface area contributed by atoms with Gasteiger partial charge in [0.2, 0.25) is 5.95 Å². The Morgan fingerprint density at radius 1 is 1.02 bits per heavy atom. The van der Waals surface area contributed by atoms with Crippen molar-refractivity contribution in [3.8, 4) is 11.3 Å². The zero-order valence-corrected chi connectivity index (χ0v) is 24.3. The van der Waals surface area contributed by atoms with Crippen LogP contribution < -0.4 is 10.6 Å². The van der Waals surface area contributed by atoms with Crippen molar-refractivity contribution in [2.75, 3.05) is 50.1 Å². The summed E-state index contributed by atoms with van der Waals surface area (Å²) in [5.41, 5.74) is 6.08. The summed E-state index contributed by atoms with van der Waals surface area (Å²) in [5, 5.41) is 6.29. The van der Waals surface area contributed by atoms with Gasteiger partial charge in [-0.25, -0.2) is 14.2 Å². The van der Waals surface area contributed by atoms with Gasteiger partial charge >= 0.3 is 0 Å². The average Bonchev–Trinajstić information content (AvgIpc) is 2.97. The van der Waals surface area contributed by atoms with Gasteiger partial charge in [-0.3, -0.25) is 14.7 Å². The molecule has 0 bridgehead atoms. The van der Waals surface area contributed by atoms with E-state index in [2.05, 4.69) is 42.4 Å². The van der Waals surface area contributed by atoms with Gasteiger partial charge in [0.05, 0.1) is 5.69 Å². The van der Waals surface area contributed by atoms with Crippen LogP contribution in [0.25, 0.3) is 11.3 Å². The third-order valence-corrected chi connectivity index (χ3v) is 6.57. The van der Waals surface area contributed by atoms with Crippen LogP contribution in [0.3, 0.4) is 0 Å². The minimum Gasteiger partial charge on any atom is -0.324 e. The molecule has 0 saturated carbocycles. The Hall–Kier alpha value is -4.03. The van der Waals surface area contributed by atoms with E-state index in [0.717, 1.165) is 55.2 Å². The number of likely N-dealkylation sites (N-methyl/N-ethyl adjacent to an activating group) is 1. The maximum Gasteiger partial charge on any atom is 0.255 e. The van der Waals surface area contributed by atoms with Gasteiger partial charge in [-0.2, -0.15) is 0 Å². The van der Waals surface area contributed by atoms with E-state index in [1.807, 2.05) is 67.6 Å². The van der Waals surface area contributed by atoms with Gasteiger partial charge in [-0.15, -0.1) is 0 Å². The first-order chi connectivity index (χ1) is 19.8. The van der Waals surface area contributed by atoms with Crippen molar-refractivity contribution in [3.63, 3.8) is 0 Å². The summed E-state index contributed by atoms with van der Waals surface area (Å²) in [6, 6.07) is 19.3. The molecule has 1 aliphatic heterocycles. The van der Waals surface area contributed by atoms with Crippen molar-refractivity contribution < 1.29 is 13.6 Å². The second-order valence-electron chi connectivity index (χ2n) is 9.82. The SMILES string of the molecule is CS(=O)O.Cc1ccc(NC(=O)c2ccc(CN3CCN(C)CC3)cc2)cc1Nc1nccc(-c2cccnc2)n1. The molecule has 5 rings (SSSR count). The molecule has 1 aliphatic rings. The van der Waals surface area contributed by atoms with Crippen LogP contribution in [0.15, 0.2) is 79.3 Å². The monoisotopic (exact) mass is 573 g/mol.